The van der Waals surface area contributed by atoms with Crippen LogP contribution in [-0.4, -0.2) is 26.3 Å². The fourth-order valence-electron chi connectivity index (χ4n) is 1.85. The Labute approximate surface area is 122 Å². The number of carbonyl (C=O) groups excluding carboxylic acids is 1. The molecule has 0 saturated carbocycles. The zero-order valence-corrected chi connectivity index (χ0v) is 12.8. The molecule has 0 fully saturated rings. The number of nitrogens with zero attached hydrogens (tertiary/aromatic N) is 2. The molecule has 7 nitrogen and oxygen atoms in total. The number of amides is 1. The molecule has 0 aliphatic heterocycles. The number of aryl methyl sites for hydroxylation is 1. The van der Waals surface area contributed by atoms with E-state index in [4.69, 9.17) is 0 Å². The van der Waals surface area contributed by atoms with Crippen molar-refractivity contribution in [1.82, 2.24) is 20.4 Å². The molecule has 0 radical (unpaired) electrons. The van der Waals surface area contributed by atoms with Gasteiger partial charge in [0, 0.05) is 17.2 Å². The van der Waals surface area contributed by atoms with Crippen LogP contribution in [0.5, 0.6) is 0 Å². The summed E-state index contributed by atoms with van der Waals surface area (Å²) in [5.41, 5.74) is 1.51. The van der Waals surface area contributed by atoms with Crippen LogP contribution in [-0.2, 0) is 5.41 Å². The molecule has 3 N–H and O–H groups in total. The molecule has 2 rings (SSSR count). The SMILES string of the molecule is Cc1n[nH]c(=O)c(C(=O)Nc2cc(C(C)(C)C)[nH]n2)c1C. The first-order valence-corrected chi connectivity index (χ1v) is 6.63. The first-order chi connectivity index (χ1) is 9.70. The largest absolute Gasteiger partial charge is 0.305 e. The number of aromatic nitrogens is 4. The van der Waals surface area contributed by atoms with Crippen LogP contribution in [0.15, 0.2) is 10.9 Å². The third kappa shape index (κ3) is 3.01. The molecule has 2 aromatic heterocycles. The molecule has 0 saturated heterocycles. The van der Waals surface area contributed by atoms with Crippen molar-refractivity contribution in [2.75, 3.05) is 5.32 Å². The monoisotopic (exact) mass is 289 g/mol. The van der Waals surface area contributed by atoms with Gasteiger partial charge in [-0.2, -0.15) is 10.2 Å². The van der Waals surface area contributed by atoms with Gasteiger partial charge in [-0.3, -0.25) is 14.7 Å². The number of rotatable bonds is 2. The smallest absolute Gasteiger partial charge is 0.277 e. The lowest BCUT2D eigenvalue weighted by molar-refractivity contribution is 0.102. The number of aromatic amines is 2. The van der Waals surface area contributed by atoms with Crippen molar-refractivity contribution in [2.45, 2.75) is 40.0 Å². The lowest BCUT2D eigenvalue weighted by Crippen LogP contribution is -2.26. The van der Waals surface area contributed by atoms with Crippen molar-refractivity contribution in [2.24, 2.45) is 0 Å². The van der Waals surface area contributed by atoms with E-state index in [2.05, 4.69) is 25.7 Å². The van der Waals surface area contributed by atoms with Gasteiger partial charge in [-0.15, -0.1) is 0 Å². The van der Waals surface area contributed by atoms with Crippen molar-refractivity contribution in [3.8, 4) is 0 Å². The number of anilines is 1. The van der Waals surface area contributed by atoms with Crippen LogP contribution in [0.2, 0.25) is 0 Å². The van der Waals surface area contributed by atoms with Gasteiger partial charge in [-0.25, -0.2) is 5.10 Å². The summed E-state index contributed by atoms with van der Waals surface area (Å²) in [7, 11) is 0. The summed E-state index contributed by atoms with van der Waals surface area (Å²) in [6.07, 6.45) is 0. The number of hydrogen-bond donors (Lipinski definition) is 3. The minimum absolute atomic E-state index is 0.0582. The average Bonchev–Trinajstić information content (AvgIpc) is 2.83. The van der Waals surface area contributed by atoms with Crippen molar-refractivity contribution >= 4 is 11.7 Å². The summed E-state index contributed by atoms with van der Waals surface area (Å²) in [5.74, 6) is -0.107. The van der Waals surface area contributed by atoms with E-state index in [1.807, 2.05) is 20.8 Å². The highest BCUT2D eigenvalue weighted by molar-refractivity contribution is 6.04. The molecule has 112 valence electrons. The van der Waals surface area contributed by atoms with E-state index in [1.165, 1.54) is 0 Å². The van der Waals surface area contributed by atoms with Crippen molar-refractivity contribution in [3.05, 3.63) is 38.9 Å². The Morgan fingerprint density at radius 3 is 2.43 bits per heavy atom. The molecule has 0 unspecified atom stereocenters. The van der Waals surface area contributed by atoms with Crippen LogP contribution >= 0.6 is 0 Å². The molecule has 0 aromatic carbocycles. The Hall–Kier alpha value is -2.44. The molecule has 2 heterocycles. The first-order valence-electron chi connectivity index (χ1n) is 6.63. The predicted molar refractivity (Wildman–Crippen MR) is 79.6 cm³/mol. The molecule has 7 heteroatoms. The van der Waals surface area contributed by atoms with Crippen molar-refractivity contribution < 1.29 is 4.79 Å². The third-order valence-electron chi connectivity index (χ3n) is 3.32. The quantitative estimate of drug-likeness (QED) is 0.782. The van der Waals surface area contributed by atoms with E-state index < -0.39 is 11.5 Å². The lowest BCUT2D eigenvalue weighted by atomic mass is 9.92. The summed E-state index contributed by atoms with van der Waals surface area (Å²) < 4.78 is 0. The molecule has 0 bridgehead atoms. The van der Waals surface area contributed by atoms with E-state index in [1.54, 1.807) is 19.9 Å². The lowest BCUT2D eigenvalue weighted by Gasteiger charge is -2.14. The Morgan fingerprint density at radius 2 is 1.86 bits per heavy atom. The van der Waals surface area contributed by atoms with Crippen molar-refractivity contribution in [1.29, 1.82) is 0 Å². The second-order valence-electron chi connectivity index (χ2n) is 6.01. The van der Waals surface area contributed by atoms with Gasteiger partial charge in [0.05, 0.1) is 5.69 Å². The normalized spacial score (nSPS) is 11.5. The van der Waals surface area contributed by atoms with Crippen LogP contribution in [0.25, 0.3) is 0 Å². The molecular formula is C14H19N5O2. The van der Waals surface area contributed by atoms with Gasteiger partial charge < -0.3 is 5.32 Å². The molecule has 2 aromatic rings. The third-order valence-corrected chi connectivity index (χ3v) is 3.32. The number of carbonyl (C=O) groups is 1. The van der Waals surface area contributed by atoms with Gasteiger partial charge in [0.25, 0.3) is 11.5 Å². The van der Waals surface area contributed by atoms with E-state index in [-0.39, 0.29) is 11.0 Å². The summed E-state index contributed by atoms with van der Waals surface area (Å²) in [5, 5.41) is 15.7. The van der Waals surface area contributed by atoms with Crippen LogP contribution in [0.1, 0.15) is 48.1 Å². The van der Waals surface area contributed by atoms with Gasteiger partial charge in [0.2, 0.25) is 0 Å². The van der Waals surface area contributed by atoms with Gasteiger partial charge in [-0.1, -0.05) is 20.8 Å². The second-order valence-corrected chi connectivity index (χ2v) is 6.01. The van der Waals surface area contributed by atoms with E-state index in [0.717, 1.165) is 5.69 Å². The number of nitrogens with one attached hydrogen (secondary N) is 3. The molecule has 1 amide bonds. The van der Waals surface area contributed by atoms with Crippen LogP contribution in [0.3, 0.4) is 0 Å². The molecular weight excluding hydrogens is 270 g/mol. The Kier molecular flexibility index (Phi) is 3.67. The maximum absolute atomic E-state index is 12.3. The summed E-state index contributed by atoms with van der Waals surface area (Å²) >= 11 is 0. The van der Waals surface area contributed by atoms with E-state index in [0.29, 0.717) is 17.1 Å². The Bertz CT molecular complexity index is 737. The Morgan fingerprint density at radius 1 is 1.19 bits per heavy atom. The first kappa shape index (κ1) is 15.0. The molecule has 0 aliphatic carbocycles. The predicted octanol–water partition coefficient (Wildman–Crippen LogP) is 1.66. The van der Waals surface area contributed by atoms with Gasteiger partial charge >= 0.3 is 0 Å². The molecule has 0 atom stereocenters. The van der Waals surface area contributed by atoms with Crippen LogP contribution in [0, 0.1) is 13.8 Å². The minimum atomic E-state index is -0.512. The Balaban J connectivity index is 2.29. The maximum Gasteiger partial charge on any atom is 0.277 e. The van der Waals surface area contributed by atoms with Gasteiger partial charge in [0.15, 0.2) is 5.82 Å². The fourth-order valence-corrected chi connectivity index (χ4v) is 1.85. The zero-order valence-electron chi connectivity index (χ0n) is 12.8. The number of hydrogen-bond acceptors (Lipinski definition) is 4. The summed E-state index contributed by atoms with van der Waals surface area (Å²) in [6.45, 7) is 9.53. The summed E-state index contributed by atoms with van der Waals surface area (Å²) in [6, 6.07) is 1.76. The second kappa shape index (κ2) is 5.16. The molecule has 0 aliphatic rings. The van der Waals surface area contributed by atoms with Crippen LogP contribution < -0.4 is 10.9 Å². The number of H-pyrrole nitrogens is 2. The van der Waals surface area contributed by atoms with E-state index >= 15 is 0 Å². The average molecular weight is 289 g/mol. The highest BCUT2D eigenvalue weighted by Crippen LogP contribution is 2.22. The maximum atomic E-state index is 12.3. The molecule has 21 heavy (non-hydrogen) atoms. The van der Waals surface area contributed by atoms with E-state index in [9.17, 15) is 9.59 Å². The van der Waals surface area contributed by atoms with Gasteiger partial charge in [0.1, 0.15) is 5.56 Å². The highest BCUT2D eigenvalue weighted by Gasteiger charge is 2.20. The standard InChI is InChI=1S/C14H19N5O2/c1-7-8(2)16-19-13(21)11(7)12(20)15-10-6-9(17-18-10)14(3,4)5/h6H,1-5H3,(H,19,21)(H2,15,17,18,20). The topological polar surface area (TPSA) is 104 Å². The van der Waals surface area contributed by atoms with Gasteiger partial charge in [-0.05, 0) is 19.4 Å². The highest BCUT2D eigenvalue weighted by atomic mass is 16.2. The summed E-state index contributed by atoms with van der Waals surface area (Å²) in [4.78, 5) is 24.0. The fraction of sp³-hybridized carbons (Fsp3) is 0.429. The van der Waals surface area contributed by atoms with Crippen LogP contribution in [0.4, 0.5) is 5.82 Å². The minimum Gasteiger partial charge on any atom is -0.305 e. The zero-order chi connectivity index (χ0) is 15.8. The van der Waals surface area contributed by atoms with Crippen molar-refractivity contribution in [3.63, 3.8) is 0 Å². The molecule has 0 spiro atoms.